The van der Waals surface area contributed by atoms with Gasteiger partial charge in [-0.25, -0.2) is 0 Å². The summed E-state index contributed by atoms with van der Waals surface area (Å²) in [5.74, 6) is 0. The normalized spacial score (nSPS) is 12.8. The highest BCUT2D eigenvalue weighted by molar-refractivity contribution is 5.14. The monoisotopic (exact) mass is 180 g/mol. The van der Waals surface area contributed by atoms with E-state index >= 15 is 0 Å². The van der Waals surface area contributed by atoms with Crippen LogP contribution in [0.5, 0.6) is 0 Å². The third-order valence-corrected chi connectivity index (χ3v) is 1.86. The van der Waals surface area contributed by atoms with E-state index in [1.807, 2.05) is 25.1 Å². The molecule has 0 spiro atoms. The SMILES string of the molecule is CCOC(Cc1ccccc1)OC. The van der Waals surface area contributed by atoms with Crippen molar-refractivity contribution in [3.8, 4) is 0 Å². The zero-order chi connectivity index (χ0) is 9.52. The highest BCUT2D eigenvalue weighted by Gasteiger charge is 2.06. The van der Waals surface area contributed by atoms with Gasteiger partial charge in [-0.2, -0.15) is 0 Å². The van der Waals surface area contributed by atoms with E-state index in [4.69, 9.17) is 9.47 Å². The summed E-state index contributed by atoms with van der Waals surface area (Å²) in [7, 11) is 1.67. The van der Waals surface area contributed by atoms with Crippen LogP contribution in [-0.4, -0.2) is 20.0 Å². The number of rotatable bonds is 5. The van der Waals surface area contributed by atoms with E-state index in [1.54, 1.807) is 7.11 Å². The maximum absolute atomic E-state index is 5.37. The van der Waals surface area contributed by atoms with E-state index in [1.165, 1.54) is 5.56 Å². The second-order valence-corrected chi connectivity index (χ2v) is 2.81. The van der Waals surface area contributed by atoms with Gasteiger partial charge in [0.05, 0.1) is 0 Å². The van der Waals surface area contributed by atoms with Crippen LogP contribution in [0.1, 0.15) is 12.5 Å². The zero-order valence-corrected chi connectivity index (χ0v) is 8.19. The Morgan fingerprint density at radius 2 is 1.92 bits per heavy atom. The highest BCUT2D eigenvalue weighted by atomic mass is 16.7. The zero-order valence-electron chi connectivity index (χ0n) is 8.19. The fraction of sp³-hybridized carbons (Fsp3) is 0.455. The van der Waals surface area contributed by atoms with Gasteiger partial charge in [-0.3, -0.25) is 0 Å². The molecule has 2 nitrogen and oxygen atoms in total. The van der Waals surface area contributed by atoms with Crippen molar-refractivity contribution >= 4 is 0 Å². The van der Waals surface area contributed by atoms with Gasteiger partial charge in [0.1, 0.15) is 0 Å². The molecular weight excluding hydrogens is 164 g/mol. The van der Waals surface area contributed by atoms with Crippen LogP contribution < -0.4 is 0 Å². The molecule has 0 saturated heterocycles. The highest BCUT2D eigenvalue weighted by Crippen LogP contribution is 2.06. The molecule has 1 aromatic rings. The summed E-state index contributed by atoms with van der Waals surface area (Å²) in [6.45, 7) is 2.66. The van der Waals surface area contributed by atoms with Gasteiger partial charge in [0.25, 0.3) is 0 Å². The van der Waals surface area contributed by atoms with Gasteiger partial charge in [-0.1, -0.05) is 30.3 Å². The smallest absolute Gasteiger partial charge is 0.161 e. The molecule has 1 rings (SSSR count). The molecule has 2 heteroatoms. The lowest BCUT2D eigenvalue weighted by Crippen LogP contribution is -2.18. The van der Waals surface area contributed by atoms with E-state index < -0.39 is 0 Å². The molecule has 0 bridgehead atoms. The number of methoxy groups -OCH3 is 1. The lowest BCUT2D eigenvalue weighted by atomic mass is 10.1. The van der Waals surface area contributed by atoms with Crippen LogP contribution in [0.25, 0.3) is 0 Å². The van der Waals surface area contributed by atoms with Crippen LogP contribution in [0, 0.1) is 0 Å². The molecule has 0 heterocycles. The largest absolute Gasteiger partial charge is 0.356 e. The lowest BCUT2D eigenvalue weighted by molar-refractivity contribution is -0.118. The predicted octanol–water partition coefficient (Wildman–Crippen LogP) is 2.24. The Hall–Kier alpha value is -0.860. The number of hydrogen-bond acceptors (Lipinski definition) is 2. The van der Waals surface area contributed by atoms with Gasteiger partial charge in [-0.15, -0.1) is 0 Å². The van der Waals surface area contributed by atoms with Crippen molar-refractivity contribution in [1.29, 1.82) is 0 Å². The Morgan fingerprint density at radius 3 is 2.46 bits per heavy atom. The molecule has 0 saturated carbocycles. The van der Waals surface area contributed by atoms with Crippen LogP contribution in [0.3, 0.4) is 0 Å². The summed E-state index contributed by atoms with van der Waals surface area (Å²) in [6, 6.07) is 10.2. The molecule has 1 aromatic carbocycles. The van der Waals surface area contributed by atoms with Gasteiger partial charge in [0, 0.05) is 20.1 Å². The first-order valence-electron chi connectivity index (χ1n) is 4.55. The molecular formula is C11H16O2. The van der Waals surface area contributed by atoms with Crippen molar-refractivity contribution in [1.82, 2.24) is 0 Å². The van der Waals surface area contributed by atoms with E-state index in [-0.39, 0.29) is 6.29 Å². The average molecular weight is 180 g/mol. The first kappa shape index (κ1) is 10.2. The van der Waals surface area contributed by atoms with E-state index in [0.717, 1.165) is 6.42 Å². The fourth-order valence-electron chi connectivity index (χ4n) is 1.20. The maximum atomic E-state index is 5.37. The minimum absolute atomic E-state index is 0.118. The number of benzene rings is 1. The molecule has 0 aliphatic rings. The van der Waals surface area contributed by atoms with Crippen LogP contribution in [0.4, 0.5) is 0 Å². The first-order chi connectivity index (χ1) is 6.36. The van der Waals surface area contributed by atoms with E-state index in [2.05, 4.69) is 12.1 Å². The van der Waals surface area contributed by atoms with E-state index in [0.29, 0.717) is 6.61 Å². The molecule has 0 amide bonds. The molecule has 72 valence electrons. The van der Waals surface area contributed by atoms with Crippen molar-refractivity contribution in [2.45, 2.75) is 19.6 Å². The van der Waals surface area contributed by atoms with Crippen molar-refractivity contribution in [3.63, 3.8) is 0 Å². The fourth-order valence-corrected chi connectivity index (χ4v) is 1.20. The molecule has 0 N–H and O–H groups in total. The molecule has 1 atom stereocenters. The topological polar surface area (TPSA) is 18.5 Å². The van der Waals surface area contributed by atoms with Gasteiger partial charge < -0.3 is 9.47 Å². The second-order valence-electron chi connectivity index (χ2n) is 2.81. The van der Waals surface area contributed by atoms with Crippen molar-refractivity contribution in [2.75, 3.05) is 13.7 Å². The number of hydrogen-bond donors (Lipinski definition) is 0. The van der Waals surface area contributed by atoms with E-state index in [9.17, 15) is 0 Å². The van der Waals surface area contributed by atoms with Crippen LogP contribution in [0.15, 0.2) is 30.3 Å². The average Bonchev–Trinajstić information content (AvgIpc) is 2.19. The Morgan fingerprint density at radius 1 is 1.23 bits per heavy atom. The summed E-state index contributed by atoms with van der Waals surface area (Å²) < 4.78 is 10.5. The molecule has 1 unspecified atom stereocenters. The summed E-state index contributed by atoms with van der Waals surface area (Å²) in [4.78, 5) is 0. The lowest BCUT2D eigenvalue weighted by Gasteiger charge is -2.14. The summed E-state index contributed by atoms with van der Waals surface area (Å²) >= 11 is 0. The summed E-state index contributed by atoms with van der Waals surface area (Å²) in [5.41, 5.74) is 1.24. The van der Waals surface area contributed by atoms with Gasteiger partial charge >= 0.3 is 0 Å². The third-order valence-electron chi connectivity index (χ3n) is 1.86. The minimum atomic E-state index is -0.118. The Labute approximate surface area is 79.5 Å². The summed E-state index contributed by atoms with van der Waals surface area (Å²) in [6.07, 6.45) is 0.693. The predicted molar refractivity (Wildman–Crippen MR) is 52.6 cm³/mol. The van der Waals surface area contributed by atoms with Gasteiger partial charge in [0.2, 0.25) is 0 Å². The minimum Gasteiger partial charge on any atom is -0.356 e. The molecule has 0 aromatic heterocycles. The Balaban J connectivity index is 2.46. The standard InChI is InChI=1S/C11H16O2/c1-3-13-11(12-2)9-10-7-5-4-6-8-10/h4-8,11H,3,9H2,1-2H3. The molecule has 13 heavy (non-hydrogen) atoms. The molecule has 0 fully saturated rings. The van der Waals surface area contributed by atoms with Crippen LogP contribution in [-0.2, 0) is 15.9 Å². The number of ether oxygens (including phenoxy) is 2. The molecule has 0 radical (unpaired) electrons. The quantitative estimate of drug-likeness (QED) is 0.647. The van der Waals surface area contributed by atoms with Crippen molar-refractivity contribution < 1.29 is 9.47 Å². The Kier molecular flexibility index (Phi) is 4.50. The van der Waals surface area contributed by atoms with Crippen molar-refractivity contribution in [3.05, 3.63) is 35.9 Å². The maximum Gasteiger partial charge on any atom is 0.161 e. The van der Waals surface area contributed by atoms with Gasteiger partial charge in [0.15, 0.2) is 6.29 Å². The first-order valence-corrected chi connectivity index (χ1v) is 4.55. The summed E-state index contributed by atoms with van der Waals surface area (Å²) in [5, 5.41) is 0. The second kappa shape index (κ2) is 5.73. The van der Waals surface area contributed by atoms with Crippen molar-refractivity contribution in [2.24, 2.45) is 0 Å². The molecule has 0 aliphatic heterocycles. The van der Waals surface area contributed by atoms with Gasteiger partial charge in [-0.05, 0) is 12.5 Å². The Bertz CT molecular complexity index is 221. The van der Waals surface area contributed by atoms with Crippen LogP contribution in [0.2, 0.25) is 0 Å². The third kappa shape index (κ3) is 3.57. The van der Waals surface area contributed by atoms with Crippen LogP contribution >= 0.6 is 0 Å². The molecule has 0 aliphatic carbocycles.